The smallest absolute Gasteiger partial charge is 0.0620 e. The summed E-state index contributed by atoms with van der Waals surface area (Å²) in [5.41, 5.74) is 0. The van der Waals surface area contributed by atoms with Crippen LogP contribution in [0, 0.1) is 52.1 Å². The Bertz CT molecular complexity index is 244. The molecule has 0 aromatic rings. The standard InChI is InChI=1S/C7H11.3CO.F6P.Fe/c1-4-5-6-7(2)3;3*1-2;1-7(2,3,4,5)6;/h4-6H,2H2,1,3H3;;;;;/q;;;;-1;+2. The normalized spacial score (nSPS) is 11.4. The van der Waals surface area contributed by atoms with Crippen molar-refractivity contribution in [1.82, 2.24) is 0 Å². The predicted molar refractivity (Wildman–Crippen MR) is 58.2 cm³/mol. The van der Waals surface area contributed by atoms with E-state index in [1.165, 1.54) is 0 Å². The molecular formula is C10H11F6FeO3P+. The molecule has 0 unspecified atom stereocenters. The molecule has 0 aliphatic heterocycles. The molecule has 11 heteroatoms. The number of unbranched alkanes of at least 4 members (excludes halogenated alkanes) is 1. The first-order chi connectivity index (χ1) is 8.72. The van der Waals surface area contributed by atoms with Crippen LogP contribution in [0.3, 0.4) is 0 Å². The van der Waals surface area contributed by atoms with Crippen LogP contribution in [0.15, 0.2) is 0 Å². The Balaban J connectivity index is -0.0000000381. The number of hydrogen-bond donors (Lipinski definition) is 0. The van der Waals surface area contributed by atoms with E-state index in [-0.39, 0.29) is 17.1 Å². The molecule has 0 amide bonds. The molecule has 3 nitrogen and oxygen atoms in total. The van der Waals surface area contributed by atoms with Crippen LogP contribution in [-0.4, -0.2) is 0 Å². The minimum absolute atomic E-state index is 0. The molecule has 0 N–H and O–H groups in total. The van der Waals surface area contributed by atoms with Crippen molar-refractivity contribution in [3.05, 3.63) is 52.1 Å². The molecule has 123 valence electrons. The maximum atomic E-state index is 9.87. The van der Waals surface area contributed by atoms with E-state index in [0.717, 1.165) is 5.92 Å². The third-order valence-electron chi connectivity index (χ3n) is 0.573. The van der Waals surface area contributed by atoms with Gasteiger partial charge in [0.2, 0.25) is 0 Å². The van der Waals surface area contributed by atoms with E-state index in [4.69, 9.17) is 14.0 Å². The third kappa shape index (κ3) is 443. The van der Waals surface area contributed by atoms with Gasteiger partial charge in [-0.3, -0.25) is 0 Å². The summed E-state index contributed by atoms with van der Waals surface area (Å²) in [5.74, 6) is 1.10. The summed E-state index contributed by atoms with van der Waals surface area (Å²) in [4.78, 5) is 0. The molecule has 0 rings (SSSR count). The zero-order valence-corrected chi connectivity index (χ0v) is 12.7. The van der Waals surface area contributed by atoms with Crippen LogP contribution in [-0.2, 0) is 31.0 Å². The van der Waals surface area contributed by atoms with Crippen LogP contribution in [0.4, 0.5) is 25.2 Å². The first kappa shape index (κ1) is 37.2. The summed E-state index contributed by atoms with van der Waals surface area (Å²) < 4.78 is 81.7. The first-order valence-corrected chi connectivity index (χ1v) is 6.04. The minimum atomic E-state index is -10.7. The van der Waals surface area contributed by atoms with Gasteiger partial charge >= 0.3 is 84.0 Å². The van der Waals surface area contributed by atoms with E-state index < -0.39 is 7.81 Å². The Morgan fingerprint density at radius 1 is 0.905 bits per heavy atom. The Hall–Kier alpha value is -0.251. The summed E-state index contributed by atoms with van der Waals surface area (Å²) >= 11 is 0. The monoisotopic (exact) mass is 380 g/mol. The van der Waals surface area contributed by atoms with E-state index in [0.29, 0.717) is 0 Å². The summed E-state index contributed by atoms with van der Waals surface area (Å²) in [6.45, 7) is 21.1. The molecular weight excluding hydrogens is 369 g/mol. The molecule has 0 aliphatic rings. The van der Waals surface area contributed by atoms with Crippen molar-refractivity contribution in [2.45, 2.75) is 13.8 Å². The van der Waals surface area contributed by atoms with Gasteiger partial charge in [-0.1, -0.05) is 13.8 Å². The van der Waals surface area contributed by atoms with Gasteiger partial charge in [0, 0.05) is 0 Å². The molecule has 0 fully saturated rings. The van der Waals surface area contributed by atoms with Gasteiger partial charge in [0.1, 0.15) is 0 Å². The van der Waals surface area contributed by atoms with E-state index in [1.807, 2.05) is 33.1 Å². The molecule has 0 aromatic heterocycles. The number of hydrogen-bond acceptors (Lipinski definition) is 0. The molecule has 0 heterocycles. The molecule has 0 saturated carbocycles. The van der Waals surface area contributed by atoms with Crippen molar-refractivity contribution in [1.29, 1.82) is 0 Å². The molecule has 0 aromatic carbocycles. The van der Waals surface area contributed by atoms with Gasteiger partial charge in [0.15, 0.2) is 0 Å². The fraction of sp³-hybridized carbons (Fsp3) is 0.200. The topological polar surface area (TPSA) is 59.7 Å². The number of rotatable bonds is 3. The molecule has 5 radical (unpaired) electrons. The van der Waals surface area contributed by atoms with E-state index >= 15 is 0 Å². The summed E-state index contributed by atoms with van der Waals surface area (Å²) in [7, 11) is -10.7. The zero-order chi connectivity index (χ0) is 18.1. The third-order valence-corrected chi connectivity index (χ3v) is 0.573. The molecule has 21 heavy (non-hydrogen) atoms. The molecule has 0 bridgehead atoms. The maximum Gasteiger partial charge on any atom is 2.00 e. The largest absolute Gasteiger partial charge is 2.00 e. The number of halogens is 6. The summed E-state index contributed by atoms with van der Waals surface area (Å²) in [5, 5.41) is 0. The fourth-order valence-corrected chi connectivity index (χ4v) is 0.260. The summed E-state index contributed by atoms with van der Waals surface area (Å²) in [6, 6.07) is 0. The second-order valence-electron chi connectivity index (χ2n) is 2.50. The van der Waals surface area contributed by atoms with Crippen LogP contribution in [0.2, 0.25) is 0 Å². The van der Waals surface area contributed by atoms with Crippen molar-refractivity contribution in [3.8, 4) is 0 Å². The predicted octanol–water partition coefficient (Wildman–Crippen LogP) is 5.32. The van der Waals surface area contributed by atoms with Crippen LogP contribution < -0.4 is 0 Å². The van der Waals surface area contributed by atoms with Crippen molar-refractivity contribution in [2.24, 2.45) is 0 Å². The van der Waals surface area contributed by atoms with Gasteiger partial charge in [-0.15, -0.1) is 0 Å². The van der Waals surface area contributed by atoms with E-state index in [2.05, 4.69) is 26.9 Å². The molecule has 0 saturated heterocycles. The van der Waals surface area contributed by atoms with Crippen LogP contribution in [0.5, 0.6) is 0 Å². The Morgan fingerprint density at radius 2 is 1.10 bits per heavy atom. The Morgan fingerprint density at radius 3 is 1.14 bits per heavy atom. The van der Waals surface area contributed by atoms with Crippen molar-refractivity contribution < 1.29 is 56.2 Å². The van der Waals surface area contributed by atoms with Crippen LogP contribution in [0.25, 0.3) is 0 Å². The Labute approximate surface area is 130 Å². The second kappa shape index (κ2) is 16.1. The molecule has 0 spiro atoms. The average Bonchev–Trinajstić information content (AvgIpc) is 2.30. The van der Waals surface area contributed by atoms with Gasteiger partial charge < -0.3 is 0 Å². The van der Waals surface area contributed by atoms with Crippen LogP contribution >= 0.6 is 7.81 Å². The van der Waals surface area contributed by atoms with Crippen LogP contribution in [0.1, 0.15) is 13.8 Å². The van der Waals surface area contributed by atoms with Gasteiger partial charge in [-0.25, -0.2) is 0 Å². The molecule has 0 aliphatic carbocycles. The minimum Gasteiger partial charge on any atom is -0.0620 e. The van der Waals surface area contributed by atoms with E-state index in [1.54, 1.807) is 0 Å². The SMILES string of the molecule is F[P-](F)(F)(F)(F)F.[C-]#[O+].[C-]#[O+].[C-]#[O+].[CH2][C](C)[CH][CH][CH]C.[Fe+2]. The Kier molecular flexibility index (Phi) is 28.6. The first-order valence-electron chi connectivity index (χ1n) is 4.01. The van der Waals surface area contributed by atoms with Gasteiger partial charge in [-0.2, -0.15) is 0 Å². The van der Waals surface area contributed by atoms with Crippen molar-refractivity contribution in [3.63, 3.8) is 0 Å². The molecule has 0 atom stereocenters. The zero-order valence-electron chi connectivity index (χ0n) is 10.7. The quantitative estimate of drug-likeness (QED) is 0.209. The maximum absolute atomic E-state index is 10.7. The van der Waals surface area contributed by atoms with Gasteiger partial charge in [-0.05, 0) is 32.1 Å². The average molecular weight is 380 g/mol. The summed E-state index contributed by atoms with van der Waals surface area (Å²) in [6.07, 6.45) is 5.93. The van der Waals surface area contributed by atoms with E-state index in [9.17, 15) is 25.2 Å². The van der Waals surface area contributed by atoms with Gasteiger partial charge in [0.05, 0.1) is 0 Å². The van der Waals surface area contributed by atoms with Crippen molar-refractivity contribution >= 4 is 7.81 Å². The second-order valence-corrected chi connectivity index (χ2v) is 4.41. The van der Waals surface area contributed by atoms with Crippen molar-refractivity contribution in [2.75, 3.05) is 0 Å². The fourth-order valence-electron chi connectivity index (χ4n) is 0.260. The van der Waals surface area contributed by atoms with Gasteiger partial charge in [0.25, 0.3) is 0 Å².